The minimum Gasteiger partial charge on any atom is -0.489 e. The molecule has 0 unspecified atom stereocenters. The zero-order chi connectivity index (χ0) is 16.3. The molecule has 1 atom stereocenters. The number of rotatable bonds is 6. The van der Waals surface area contributed by atoms with Crippen LogP contribution in [0.3, 0.4) is 0 Å². The minimum atomic E-state index is -3.87. The maximum absolute atomic E-state index is 13.5. The first-order chi connectivity index (χ1) is 11.0. The molecule has 1 aromatic carbocycles. The van der Waals surface area contributed by atoms with Gasteiger partial charge in [-0.1, -0.05) is 0 Å². The standard InChI is InChI=1S/C14H16FN3O4S/c15-10-3-4-14(22-9-11-2-1-5-21-11)13(6-10)18-23(19,20)12-7-16-17-8-12/h3-4,6-8,11,18H,1-2,5,9H2,(H,16,17)/t11-/m0/s1. The summed E-state index contributed by atoms with van der Waals surface area (Å²) in [4.78, 5) is -0.0492. The number of ether oxygens (including phenoxy) is 2. The van der Waals surface area contributed by atoms with Crippen molar-refractivity contribution in [2.24, 2.45) is 0 Å². The summed E-state index contributed by atoms with van der Waals surface area (Å²) >= 11 is 0. The topological polar surface area (TPSA) is 93.3 Å². The van der Waals surface area contributed by atoms with Crippen molar-refractivity contribution >= 4 is 15.7 Å². The summed E-state index contributed by atoms with van der Waals surface area (Å²) in [6.45, 7) is 0.976. The highest BCUT2D eigenvalue weighted by Gasteiger charge is 2.20. The zero-order valence-corrected chi connectivity index (χ0v) is 13.0. The van der Waals surface area contributed by atoms with Crippen LogP contribution in [0, 0.1) is 5.82 Å². The van der Waals surface area contributed by atoms with Crippen molar-refractivity contribution in [1.82, 2.24) is 10.2 Å². The van der Waals surface area contributed by atoms with E-state index in [1.165, 1.54) is 18.3 Å². The van der Waals surface area contributed by atoms with Gasteiger partial charge in [-0.25, -0.2) is 12.8 Å². The van der Waals surface area contributed by atoms with Gasteiger partial charge in [-0.15, -0.1) is 0 Å². The Morgan fingerprint density at radius 1 is 1.48 bits per heavy atom. The van der Waals surface area contributed by atoms with Gasteiger partial charge in [-0.3, -0.25) is 9.82 Å². The van der Waals surface area contributed by atoms with Crippen molar-refractivity contribution in [2.45, 2.75) is 23.8 Å². The van der Waals surface area contributed by atoms with Crippen LogP contribution in [-0.4, -0.2) is 37.9 Å². The quantitative estimate of drug-likeness (QED) is 0.837. The molecule has 7 nitrogen and oxygen atoms in total. The number of anilines is 1. The number of nitrogens with zero attached hydrogens (tertiary/aromatic N) is 1. The van der Waals surface area contributed by atoms with Crippen LogP contribution >= 0.6 is 0 Å². The smallest absolute Gasteiger partial charge is 0.265 e. The molecular weight excluding hydrogens is 325 g/mol. The Kier molecular flexibility index (Phi) is 4.49. The van der Waals surface area contributed by atoms with E-state index in [0.29, 0.717) is 6.61 Å². The van der Waals surface area contributed by atoms with E-state index in [0.717, 1.165) is 25.1 Å². The van der Waals surface area contributed by atoms with Crippen molar-refractivity contribution in [3.05, 3.63) is 36.4 Å². The average Bonchev–Trinajstić information content (AvgIpc) is 3.20. The lowest BCUT2D eigenvalue weighted by atomic mass is 10.2. The number of hydrogen-bond acceptors (Lipinski definition) is 5. The predicted molar refractivity (Wildman–Crippen MR) is 80.3 cm³/mol. The van der Waals surface area contributed by atoms with Crippen LogP contribution in [0.25, 0.3) is 0 Å². The number of hydrogen-bond donors (Lipinski definition) is 2. The van der Waals surface area contributed by atoms with Gasteiger partial charge in [0.05, 0.1) is 18.0 Å². The zero-order valence-electron chi connectivity index (χ0n) is 12.2. The first-order valence-electron chi connectivity index (χ1n) is 7.10. The maximum atomic E-state index is 13.5. The molecule has 1 saturated heterocycles. The normalized spacial score (nSPS) is 18.0. The van der Waals surface area contributed by atoms with Gasteiger partial charge in [0.2, 0.25) is 0 Å². The third-order valence-corrected chi connectivity index (χ3v) is 4.75. The fraction of sp³-hybridized carbons (Fsp3) is 0.357. The Morgan fingerprint density at radius 3 is 3.04 bits per heavy atom. The molecule has 1 fully saturated rings. The van der Waals surface area contributed by atoms with E-state index in [4.69, 9.17) is 9.47 Å². The van der Waals surface area contributed by atoms with Gasteiger partial charge in [0.15, 0.2) is 0 Å². The first kappa shape index (κ1) is 15.8. The molecule has 1 aromatic heterocycles. The summed E-state index contributed by atoms with van der Waals surface area (Å²) in [5.41, 5.74) is 0.0317. The molecule has 2 N–H and O–H groups in total. The molecule has 0 bridgehead atoms. The number of halogens is 1. The number of benzene rings is 1. The summed E-state index contributed by atoms with van der Waals surface area (Å²) in [6.07, 6.45) is 4.22. The Hall–Kier alpha value is -2.13. The molecule has 0 saturated carbocycles. The second-order valence-electron chi connectivity index (χ2n) is 5.13. The summed E-state index contributed by atoms with van der Waals surface area (Å²) in [6, 6.07) is 3.67. The van der Waals surface area contributed by atoms with Gasteiger partial charge < -0.3 is 9.47 Å². The summed E-state index contributed by atoms with van der Waals surface area (Å²) in [5, 5.41) is 6.01. The van der Waals surface area contributed by atoms with Gasteiger partial charge in [-0.2, -0.15) is 5.10 Å². The van der Waals surface area contributed by atoms with Crippen molar-refractivity contribution < 1.29 is 22.3 Å². The third kappa shape index (κ3) is 3.80. The molecule has 2 aromatic rings. The molecule has 1 aliphatic rings. The maximum Gasteiger partial charge on any atom is 0.265 e. The van der Waals surface area contributed by atoms with Crippen LogP contribution in [0.5, 0.6) is 5.75 Å². The average molecular weight is 341 g/mol. The van der Waals surface area contributed by atoms with Crippen molar-refractivity contribution in [3.8, 4) is 5.75 Å². The molecule has 124 valence electrons. The number of nitrogens with one attached hydrogen (secondary N) is 2. The number of H-pyrrole nitrogens is 1. The fourth-order valence-corrected chi connectivity index (χ4v) is 3.22. The van der Waals surface area contributed by atoms with E-state index in [-0.39, 0.29) is 29.0 Å². The minimum absolute atomic E-state index is 0.0293. The fourth-order valence-electron chi connectivity index (χ4n) is 2.26. The van der Waals surface area contributed by atoms with Gasteiger partial charge in [0.25, 0.3) is 10.0 Å². The number of aromatic nitrogens is 2. The monoisotopic (exact) mass is 341 g/mol. The molecule has 9 heteroatoms. The van der Waals surface area contributed by atoms with Gasteiger partial charge in [0.1, 0.15) is 23.1 Å². The van der Waals surface area contributed by atoms with Crippen LogP contribution in [0.1, 0.15) is 12.8 Å². The van der Waals surface area contributed by atoms with Crippen LogP contribution in [0.4, 0.5) is 10.1 Å². The van der Waals surface area contributed by atoms with E-state index in [1.807, 2.05) is 0 Å². The molecule has 0 amide bonds. The lowest BCUT2D eigenvalue weighted by Gasteiger charge is -2.15. The summed E-state index contributed by atoms with van der Waals surface area (Å²) in [5.74, 6) is -0.326. The van der Waals surface area contributed by atoms with Crippen molar-refractivity contribution in [1.29, 1.82) is 0 Å². The van der Waals surface area contributed by atoms with E-state index < -0.39 is 15.8 Å². The van der Waals surface area contributed by atoms with E-state index in [9.17, 15) is 12.8 Å². The van der Waals surface area contributed by atoms with Gasteiger partial charge >= 0.3 is 0 Å². The predicted octanol–water partition coefficient (Wildman–Crippen LogP) is 1.91. The highest BCUT2D eigenvalue weighted by atomic mass is 32.2. The van der Waals surface area contributed by atoms with E-state index in [1.54, 1.807) is 0 Å². The van der Waals surface area contributed by atoms with Crippen LogP contribution in [0.2, 0.25) is 0 Å². The second kappa shape index (κ2) is 6.55. The largest absolute Gasteiger partial charge is 0.489 e. The van der Waals surface area contributed by atoms with Crippen molar-refractivity contribution in [3.63, 3.8) is 0 Å². The Morgan fingerprint density at radius 2 is 2.35 bits per heavy atom. The molecular formula is C14H16FN3O4S. The molecule has 0 spiro atoms. The number of sulfonamides is 1. The molecule has 2 heterocycles. The second-order valence-corrected chi connectivity index (χ2v) is 6.81. The van der Waals surface area contributed by atoms with Crippen LogP contribution in [0.15, 0.2) is 35.5 Å². The Labute approximate surface area is 132 Å². The van der Waals surface area contributed by atoms with Gasteiger partial charge in [0, 0.05) is 18.9 Å². The third-order valence-electron chi connectivity index (χ3n) is 3.42. The van der Waals surface area contributed by atoms with Crippen molar-refractivity contribution in [2.75, 3.05) is 17.9 Å². The molecule has 23 heavy (non-hydrogen) atoms. The van der Waals surface area contributed by atoms with E-state index in [2.05, 4.69) is 14.9 Å². The highest BCUT2D eigenvalue weighted by Crippen LogP contribution is 2.28. The first-order valence-corrected chi connectivity index (χ1v) is 8.58. The summed E-state index contributed by atoms with van der Waals surface area (Å²) in [7, 11) is -3.87. The Bertz CT molecular complexity index is 758. The van der Waals surface area contributed by atoms with Gasteiger partial charge in [-0.05, 0) is 25.0 Å². The lowest BCUT2D eigenvalue weighted by molar-refractivity contribution is 0.0682. The lowest BCUT2D eigenvalue weighted by Crippen LogP contribution is -2.18. The number of aromatic amines is 1. The molecule has 0 aliphatic carbocycles. The highest BCUT2D eigenvalue weighted by molar-refractivity contribution is 7.92. The molecule has 1 aliphatic heterocycles. The van der Waals surface area contributed by atoms with Crippen LogP contribution < -0.4 is 9.46 Å². The van der Waals surface area contributed by atoms with E-state index >= 15 is 0 Å². The van der Waals surface area contributed by atoms with Crippen LogP contribution in [-0.2, 0) is 14.8 Å². The summed E-state index contributed by atoms with van der Waals surface area (Å²) < 4.78 is 51.3. The Balaban J connectivity index is 1.78. The SMILES string of the molecule is O=S(=O)(Nc1cc(F)ccc1OC[C@@H]1CCCO1)c1cn[nH]c1. The molecule has 3 rings (SSSR count). The molecule has 0 radical (unpaired) electrons.